The third-order valence-electron chi connectivity index (χ3n) is 3.78. The van der Waals surface area contributed by atoms with Crippen LogP contribution in [-0.2, 0) is 0 Å². The molecule has 1 N–H and O–H groups in total. The molecule has 6 heteroatoms. The quantitative estimate of drug-likeness (QED) is 0.887. The van der Waals surface area contributed by atoms with Gasteiger partial charge in [0.25, 0.3) is 5.91 Å². The van der Waals surface area contributed by atoms with Crippen molar-refractivity contribution in [1.82, 2.24) is 10.2 Å². The number of para-hydroxylation sites is 1. The first kappa shape index (κ1) is 15.5. The molecule has 0 saturated carbocycles. The Morgan fingerprint density at radius 2 is 2.27 bits per heavy atom. The van der Waals surface area contributed by atoms with Crippen molar-refractivity contribution in [3.05, 3.63) is 50.6 Å². The molecule has 116 valence electrons. The monoisotopic (exact) mass is 380 g/mol. The number of piperazine rings is 1. The molecule has 1 atom stereocenters. The zero-order valence-electron chi connectivity index (χ0n) is 12.2. The van der Waals surface area contributed by atoms with Crippen molar-refractivity contribution in [2.24, 2.45) is 0 Å². The molecule has 0 aliphatic carbocycles. The number of nitrogens with one attached hydrogen (secondary N) is 1. The highest BCUT2D eigenvalue weighted by molar-refractivity contribution is 9.10. The first-order chi connectivity index (χ1) is 10.7. The number of hydrogen-bond acceptors (Lipinski definition) is 4. The summed E-state index contributed by atoms with van der Waals surface area (Å²) >= 11 is 4.88. The summed E-state index contributed by atoms with van der Waals surface area (Å²) in [4.78, 5) is 15.5. The molecule has 0 bridgehead atoms. The van der Waals surface area contributed by atoms with Gasteiger partial charge in [0.15, 0.2) is 0 Å². The second-order valence-electron chi connectivity index (χ2n) is 5.09. The van der Waals surface area contributed by atoms with Crippen molar-refractivity contribution in [3.8, 4) is 5.75 Å². The maximum absolute atomic E-state index is 12.8. The summed E-state index contributed by atoms with van der Waals surface area (Å²) in [5.74, 6) is 0.898. The van der Waals surface area contributed by atoms with Crippen LogP contribution in [0.25, 0.3) is 0 Å². The van der Waals surface area contributed by atoms with Crippen LogP contribution in [0.1, 0.15) is 21.3 Å². The lowest BCUT2D eigenvalue weighted by molar-refractivity contribution is 0.0636. The van der Waals surface area contributed by atoms with Crippen LogP contribution in [0.3, 0.4) is 0 Å². The van der Waals surface area contributed by atoms with Crippen molar-refractivity contribution >= 4 is 33.2 Å². The highest BCUT2D eigenvalue weighted by Crippen LogP contribution is 2.32. The molecule has 1 aromatic carbocycles. The molecule has 3 rings (SSSR count). The van der Waals surface area contributed by atoms with Gasteiger partial charge in [0.2, 0.25) is 0 Å². The van der Waals surface area contributed by atoms with Gasteiger partial charge in [0, 0.05) is 35.1 Å². The van der Waals surface area contributed by atoms with Gasteiger partial charge in [-0.05, 0) is 28.1 Å². The predicted octanol–water partition coefficient (Wildman–Crippen LogP) is 3.31. The number of nitrogens with zero attached hydrogens (tertiary/aromatic N) is 1. The molecular formula is C16H17BrN2O2S. The SMILES string of the molecule is COc1ccccc1C1CNCCN1C(=O)c1cc(Br)cs1. The van der Waals surface area contributed by atoms with Gasteiger partial charge in [-0.25, -0.2) is 0 Å². The highest BCUT2D eigenvalue weighted by atomic mass is 79.9. The summed E-state index contributed by atoms with van der Waals surface area (Å²) in [7, 11) is 1.66. The molecule has 1 unspecified atom stereocenters. The third kappa shape index (κ3) is 3.04. The van der Waals surface area contributed by atoms with Gasteiger partial charge in [-0.1, -0.05) is 18.2 Å². The van der Waals surface area contributed by atoms with E-state index >= 15 is 0 Å². The lowest BCUT2D eigenvalue weighted by atomic mass is 10.0. The van der Waals surface area contributed by atoms with E-state index in [1.54, 1.807) is 7.11 Å². The average molecular weight is 381 g/mol. The van der Waals surface area contributed by atoms with Gasteiger partial charge in [-0.2, -0.15) is 0 Å². The minimum atomic E-state index is -0.0155. The Labute approximate surface area is 142 Å². The molecule has 1 amide bonds. The Morgan fingerprint density at radius 1 is 1.45 bits per heavy atom. The van der Waals surface area contributed by atoms with Gasteiger partial charge in [-0.15, -0.1) is 11.3 Å². The minimum absolute atomic E-state index is 0.0155. The van der Waals surface area contributed by atoms with E-state index in [0.29, 0.717) is 6.54 Å². The first-order valence-electron chi connectivity index (χ1n) is 7.09. The Kier molecular flexibility index (Phi) is 4.81. The second kappa shape index (κ2) is 6.81. The van der Waals surface area contributed by atoms with Crippen molar-refractivity contribution in [1.29, 1.82) is 0 Å². The molecule has 1 saturated heterocycles. The summed E-state index contributed by atoms with van der Waals surface area (Å²) in [6.45, 7) is 2.24. The number of rotatable bonds is 3. The van der Waals surface area contributed by atoms with Gasteiger partial charge in [0.05, 0.1) is 18.0 Å². The van der Waals surface area contributed by atoms with E-state index < -0.39 is 0 Å². The topological polar surface area (TPSA) is 41.6 Å². The number of methoxy groups -OCH3 is 1. The molecule has 4 nitrogen and oxygen atoms in total. The lowest BCUT2D eigenvalue weighted by Crippen LogP contribution is -2.48. The number of amides is 1. The number of ether oxygens (including phenoxy) is 1. The fourth-order valence-electron chi connectivity index (χ4n) is 2.73. The van der Waals surface area contributed by atoms with Crippen molar-refractivity contribution in [2.75, 3.05) is 26.7 Å². The smallest absolute Gasteiger partial charge is 0.264 e. The number of thiophene rings is 1. The van der Waals surface area contributed by atoms with Gasteiger partial charge in [-0.3, -0.25) is 4.79 Å². The molecule has 2 aromatic rings. The van der Waals surface area contributed by atoms with E-state index in [2.05, 4.69) is 21.2 Å². The molecule has 1 aliphatic heterocycles. The summed E-state index contributed by atoms with van der Waals surface area (Å²) in [6, 6.07) is 9.76. The maximum atomic E-state index is 12.8. The number of benzene rings is 1. The zero-order valence-corrected chi connectivity index (χ0v) is 14.6. The van der Waals surface area contributed by atoms with Crippen LogP contribution in [0.5, 0.6) is 5.75 Å². The normalized spacial score (nSPS) is 18.3. The van der Waals surface area contributed by atoms with Crippen LogP contribution in [0.15, 0.2) is 40.2 Å². The molecule has 22 heavy (non-hydrogen) atoms. The van der Waals surface area contributed by atoms with E-state index in [0.717, 1.165) is 33.8 Å². The largest absolute Gasteiger partial charge is 0.496 e. The third-order valence-corrected chi connectivity index (χ3v) is 5.46. The Hall–Kier alpha value is -1.37. The molecule has 1 aromatic heterocycles. The Morgan fingerprint density at radius 3 is 3.00 bits per heavy atom. The Balaban J connectivity index is 1.93. The second-order valence-corrected chi connectivity index (χ2v) is 6.92. The van der Waals surface area contributed by atoms with Crippen molar-refractivity contribution in [3.63, 3.8) is 0 Å². The fourth-order valence-corrected chi connectivity index (χ4v) is 4.12. The first-order valence-corrected chi connectivity index (χ1v) is 8.76. The van der Waals surface area contributed by atoms with Gasteiger partial charge in [0.1, 0.15) is 5.75 Å². The van der Waals surface area contributed by atoms with Crippen LogP contribution >= 0.6 is 27.3 Å². The lowest BCUT2D eigenvalue weighted by Gasteiger charge is -2.36. The van der Waals surface area contributed by atoms with Crippen LogP contribution in [0.4, 0.5) is 0 Å². The molecule has 0 spiro atoms. The van der Waals surface area contributed by atoms with E-state index in [1.807, 2.05) is 40.6 Å². The van der Waals surface area contributed by atoms with Crippen LogP contribution in [-0.4, -0.2) is 37.6 Å². The molecule has 1 aliphatic rings. The number of halogens is 1. The molecular weight excluding hydrogens is 364 g/mol. The van der Waals surface area contributed by atoms with Gasteiger partial charge < -0.3 is 15.0 Å². The van der Waals surface area contributed by atoms with E-state index in [1.165, 1.54) is 11.3 Å². The number of hydrogen-bond donors (Lipinski definition) is 1. The van der Waals surface area contributed by atoms with Crippen LogP contribution in [0.2, 0.25) is 0 Å². The standard InChI is InChI=1S/C16H17BrN2O2S/c1-21-14-5-3-2-4-12(14)13-9-18-6-7-19(13)16(20)15-8-11(17)10-22-15/h2-5,8,10,13,18H,6-7,9H2,1H3. The molecule has 1 fully saturated rings. The van der Waals surface area contributed by atoms with Crippen molar-refractivity contribution in [2.45, 2.75) is 6.04 Å². The van der Waals surface area contributed by atoms with E-state index in [4.69, 9.17) is 4.74 Å². The highest BCUT2D eigenvalue weighted by Gasteiger charge is 2.30. The van der Waals surface area contributed by atoms with E-state index in [-0.39, 0.29) is 11.9 Å². The number of carbonyl (C=O) groups excluding carboxylic acids is 1. The van der Waals surface area contributed by atoms with Crippen molar-refractivity contribution < 1.29 is 9.53 Å². The van der Waals surface area contributed by atoms with Crippen LogP contribution < -0.4 is 10.1 Å². The average Bonchev–Trinajstić information content (AvgIpc) is 3.00. The zero-order chi connectivity index (χ0) is 15.5. The maximum Gasteiger partial charge on any atom is 0.264 e. The van der Waals surface area contributed by atoms with E-state index in [9.17, 15) is 4.79 Å². The molecule has 0 radical (unpaired) electrons. The summed E-state index contributed by atoms with van der Waals surface area (Å²) in [6.07, 6.45) is 0. The van der Waals surface area contributed by atoms with Gasteiger partial charge >= 0.3 is 0 Å². The summed E-state index contributed by atoms with van der Waals surface area (Å²) in [5, 5.41) is 5.31. The summed E-state index contributed by atoms with van der Waals surface area (Å²) < 4.78 is 6.41. The molecule has 2 heterocycles. The predicted molar refractivity (Wildman–Crippen MR) is 91.7 cm³/mol. The fraction of sp³-hybridized carbons (Fsp3) is 0.312. The van der Waals surface area contributed by atoms with Crippen LogP contribution in [0, 0.1) is 0 Å². The Bertz CT molecular complexity index is 674. The minimum Gasteiger partial charge on any atom is -0.496 e. The summed E-state index contributed by atoms with van der Waals surface area (Å²) in [5.41, 5.74) is 1.04. The number of carbonyl (C=O) groups is 1.